The van der Waals surface area contributed by atoms with Gasteiger partial charge in [0, 0.05) is 25.7 Å². The molecule has 0 saturated carbocycles. The minimum Gasteiger partial charge on any atom is -0.508 e. The number of halogens is 1. The first-order chi connectivity index (χ1) is 6.36. The number of rotatable bonds is 1. The van der Waals surface area contributed by atoms with Crippen LogP contribution in [0.3, 0.4) is 0 Å². The van der Waals surface area contributed by atoms with Crippen LogP contribution in [0.4, 0.5) is 0 Å². The maximum atomic E-state index is 9.12. The highest BCUT2D eigenvalue weighted by Crippen LogP contribution is 2.16. The molecule has 0 bridgehead atoms. The Morgan fingerprint density at radius 3 is 2.43 bits per heavy atom. The average Bonchev–Trinajstić information content (AvgIpc) is 2.20. The van der Waals surface area contributed by atoms with E-state index in [0.717, 1.165) is 19.6 Å². The lowest BCUT2D eigenvalue weighted by atomic mass is 10.1. The summed E-state index contributed by atoms with van der Waals surface area (Å²) in [4.78, 5) is 0. The fraction of sp³-hybridized carbons (Fsp3) is 0.400. The lowest BCUT2D eigenvalue weighted by molar-refractivity contribution is 0.429. The van der Waals surface area contributed by atoms with Crippen molar-refractivity contribution in [3.05, 3.63) is 29.8 Å². The molecular formula is C10H15ClN2O. The zero-order valence-electron chi connectivity index (χ0n) is 7.86. The van der Waals surface area contributed by atoms with Crippen molar-refractivity contribution < 1.29 is 5.11 Å². The van der Waals surface area contributed by atoms with Crippen LogP contribution in [0.15, 0.2) is 24.3 Å². The van der Waals surface area contributed by atoms with E-state index in [2.05, 4.69) is 10.6 Å². The van der Waals surface area contributed by atoms with Gasteiger partial charge in [-0.3, -0.25) is 0 Å². The zero-order chi connectivity index (χ0) is 9.10. The number of aromatic hydroxyl groups is 1. The summed E-state index contributed by atoms with van der Waals surface area (Å²) >= 11 is 0. The van der Waals surface area contributed by atoms with E-state index in [1.165, 1.54) is 5.56 Å². The van der Waals surface area contributed by atoms with Crippen molar-refractivity contribution in [3.8, 4) is 5.75 Å². The monoisotopic (exact) mass is 214 g/mol. The van der Waals surface area contributed by atoms with Crippen LogP contribution in [-0.4, -0.2) is 24.7 Å². The van der Waals surface area contributed by atoms with Gasteiger partial charge in [0.05, 0.1) is 0 Å². The van der Waals surface area contributed by atoms with Crippen molar-refractivity contribution in [1.82, 2.24) is 10.6 Å². The van der Waals surface area contributed by atoms with Crippen LogP contribution in [0.1, 0.15) is 11.6 Å². The molecule has 3 nitrogen and oxygen atoms in total. The second-order valence-electron chi connectivity index (χ2n) is 3.30. The summed E-state index contributed by atoms with van der Waals surface area (Å²) in [6, 6.07) is 7.76. The van der Waals surface area contributed by atoms with Crippen LogP contribution >= 0.6 is 12.4 Å². The Morgan fingerprint density at radius 1 is 1.14 bits per heavy atom. The number of phenols is 1. The topological polar surface area (TPSA) is 44.3 Å². The number of piperazine rings is 1. The van der Waals surface area contributed by atoms with E-state index < -0.39 is 0 Å². The third kappa shape index (κ3) is 2.61. The smallest absolute Gasteiger partial charge is 0.115 e. The molecule has 0 unspecified atom stereocenters. The standard InChI is InChI=1S/C10H14N2O.ClH/c13-9-3-1-8(2-4-9)10-7-11-5-6-12-10;/h1-4,10-13H,5-7H2;1H/t10-;/m0./s1. The molecule has 78 valence electrons. The number of hydrogen-bond donors (Lipinski definition) is 3. The summed E-state index contributed by atoms with van der Waals surface area (Å²) in [6.07, 6.45) is 0. The van der Waals surface area contributed by atoms with Gasteiger partial charge in [-0.05, 0) is 17.7 Å². The lowest BCUT2D eigenvalue weighted by Gasteiger charge is -2.24. The van der Waals surface area contributed by atoms with Crippen molar-refractivity contribution in [3.63, 3.8) is 0 Å². The van der Waals surface area contributed by atoms with Gasteiger partial charge in [-0.1, -0.05) is 12.1 Å². The first-order valence-electron chi connectivity index (χ1n) is 4.59. The molecule has 1 saturated heterocycles. The van der Waals surface area contributed by atoms with Crippen molar-refractivity contribution in [2.75, 3.05) is 19.6 Å². The van der Waals surface area contributed by atoms with Gasteiger partial charge < -0.3 is 15.7 Å². The Balaban J connectivity index is 0.000000980. The third-order valence-corrected chi connectivity index (χ3v) is 2.34. The first-order valence-corrected chi connectivity index (χ1v) is 4.59. The van der Waals surface area contributed by atoms with E-state index in [1.807, 2.05) is 12.1 Å². The molecule has 1 aliphatic heterocycles. The Kier molecular flexibility index (Phi) is 4.20. The first kappa shape index (κ1) is 11.3. The fourth-order valence-electron chi connectivity index (χ4n) is 1.60. The summed E-state index contributed by atoms with van der Waals surface area (Å²) in [7, 11) is 0. The van der Waals surface area contributed by atoms with Crippen LogP contribution < -0.4 is 10.6 Å². The molecule has 1 fully saturated rings. The summed E-state index contributed by atoms with van der Waals surface area (Å²) in [6.45, 7) is 3.00. The molecule has 1 aromatic rings. The molecule has 1 heterocycles. The highest BCUT2D eigenvalue weighted by Gasteiger charge is 2.13. The maximum Gasteiger partial charge on any atom is 0.115 e. The van der Waals surface area contributed by atoms with Gasteiger partial charge in [-0.15, -0.1) is 12.4 Å². The predicted molar refractivity (Wildman–Crippen MR) is 59.0 cm³/mol. The molecule has 0 radical (unpaired) electrons. The largest absolute Gasteiger partial charge is 0.508 e. The van der Waals surface area contributed by atoms with Gasteiger partial charge in [0.25, 0.3) is 0 Å². The quantitative estimate of drug-likeness (QED) is 0.655. The summed E-state index contributed by atoms with van der Waals surface area (Å²) in [5.74, 6) is 0.326. The van der Waals surface area contributed by atoms with Crippen LogP contribution in [0.5, 0.6) is 5.75 Å². The normalized spacial score (nSPS) is 21.3. The van der Waals surface area contributed by atoms with Crippen LogP contribution in [0.25, 0.3) is 0 Å². The summed E-state index contributed by atoms with van der Waals surface area (Å²) < 4.78 is 0. The molecule has 2 rings (SSSR count). The summed E-state index contributed by atoms with van der Waals surface area (Å²) in [5, 5.41) is 15.9. The molecule has 14 heavy (non-hydrogen) atoms. The fourth-order valence-corrected chi connectivity index (χ4v) is 1.60. The Labute approximate surface area is 89.9 Å². The van der Waals surface area contributed by atoms with E-state index in [1.54, 1.807) is 12.1 Å². The van der Waals surface area contributed by atoms with E-state index in [0.29, 0.717) is 11.8 Å². The van der Waals surface area contributed by atoms with Crippen LogP contribution in [-0.2, 0) is 0 Å². The number of nitrogens with one attached hydrogen (secondary N) is 2. The maximum absolute atomic E-state index is 9.12. The lowest BCUT2D eigenvalue weighted by Crippen LogP contribution is -2.42. The van der Waals surface area contributed by atoms with Crippen LogP contribution in [0, 0.1) is 0 Å². The molecule has 1 aliphatic rings. The SMILES string of the molecule is Cl.Oc1ccc([C@@H]2CNCCN2)cc1. The summed E-state index contributed by atoms with van der Waals surface area (Å²) in [5.41, 5.74) is 1.23. The zero-order valence-corrected chi connectivity index (χ0v) is 8.68. The Bertz CT molecular complexity index is 270. The van der Waals surface area contributed by atoms with Crippen LogP contribution in [0.2, 0.25) is 0 Å². The van der Waals surface area contributed by atoms with Gasteiger partial charge in [0.15, 0.2) is 0 Å². The van der Waals surface area contributed by atoms with Gasteiger partial charge in [-0.25, -0.2) is 0 Å². The predicted octanol–water partition coefficient (Wildman–Crippen LogP) is 1.05. The Morgan fingerprint density at radius 2 is 1.86 bits per heavy atom. The second kappa shape index (κ2) is 5.20. The highest BCUT2D eigenvalue weighted by atomic mass is 35.5. The molecule has 0 aliphatic carbocycles. The van der Waals surface area contributed by atoms with Crippen molar-refractivity contribution in [2.24, 2.45) is 0 Å². The average molecular weight is 215 g/mol. The molecule has 1 atom stereocenters. The number of benzene rings is 1. The van der Waals surface area contributed by atoms with Crippen molar-refractivity contribution in [2.45, 2.75) is 6.04 Å². The van der Waals surface area contributed by atoms with Crippen molar-refractivity contribution >= 4 is 12.4 Å². The third-order valence-electron chi connectivity index (χ3n) is 2.34. The molecule has 0 spiro atoms. The molecular weight excluding hydrogens is 200 g/mol. The number of phenolic OH excluding ortho intramolecular Hbond substituents is 1. The van der Waals surface area contributed by atoms with Gasteiger partial charge in [0.2, 0.25) is 0 Å². The van der Waals surface area contributed by atoms with E-state index in [-0.39, 0.29) is 12.4 Å². The van der Waals surface area contributed by atoms with Gasteiger partial charge in [0.1, 0.15) is 5.75 Å². The molecule has 1 aromatic carbocycles. The van der Waals surface area contributed by atoms with E-state index in [4.69, 9.17) is 5.11 Å². The molecule has 3 N–H and O–H groups in total. The van der Waals surface area contributed by atoms with Gasteiger partial charge in [-0.2, -0.15) is 0 Å². The molecule has 0 aromatic heterocycles. The second-order valence-corrected chi connectivity index (χ2v) is 3.30. The minimum atomic E-state index is 0. The minimum absolute atomic E-state index is 0. The van der Waals surface area contributed by atoms with E-state index >= 15 is 0 Å². The van der Waals surface area contributed by atoms with Crippen molar-refractivity contribution in [1.29, 1.82) is 0 Å². The highest BCUT2D eigenvalue weighted by molar-refractivity contribution is 5.85. The van der Waals surface area contributed by atoms with Gasteiger partial charge >= 0.3 is 0 Å². The number of hydrogen-bond acceptors (Lipinski definition) is 3. The molecule has 4 heteroatoms. The molecule has 0 amide bonds. The Hall–Kier alpha value is -0.770. The van der Waals surface area contributed by atoms with E-state index in [9.17, 15) is 0 Å².